The number of fused-ring (bicyclic) bond motifs is 1. The zero-order valence-corrected chi connectivity index (χ0v) is 17.1. The first-order chi connectivity index (χ1) is 13.0. The summed E-state index contributed by atoms with van der Waals surface area (Å²) in [6.45, 7) is 1.36. The highest BCUT2D eigenvalue weighted by Gasteiger charge is 2.30. The van der Waals surface area contributed by atoms with Gasteiger partial charge >= 0.3 is 0 Å². The molecule has 0 bridgehead atoms. The van der Waals surface area contributed by atoms with E-state index in [1.807, 2.05) is 18.2 Å². The Labute approximate surface area is 169 Å². The molecular weight excluding hydrogens is 398 g/mol. The number of hydrogen-bond donors (Lipinski definition) is 0. The first kappa shape index (κ1) is 18.7. The molecule has 0 fully saturated rings. The third-order valence-corrected chi connectivity index (χ3v) is 7.96. The van der Waals surface area contributed by atoms with Crippen molar-refractivity contribution >= 4 is 32.8 Å². The molecule has 1 aromatic heterocycles. The molecule has 0 radical (unpaired) electrons. The second kappa shape index (κ2) is 7.76. The highest BCUT2D eigenvalue weighted by molar-refractivity contribution is 7.91. The summed E-state index contributed by atoms with van der Waals surface area (Å²) in [5, 5.41) is 2.67. The molecule has 3 nitrogen and oxygen atoms in total. The molecular formula is C21H20ClNO2S2. The van der Waals surface area contributed by atoms with Gasteiger partial charge < -0.3 is 0 Å². The van der Waals surface area contributed by atoms with Crippen molar-refractivity contribution in [3.8, 4) is 0 Å². The Balaban J connectivity index is 1.58. The molecule has 0 N–H and O–H groups in total. The smallest absolute Gasteiger partial charge is 0.179 e. The number of hydrogen-bond acceptors (Lipinski definition) is 4. The third kappa shape index (κ3) is 3.97. The lowest BCUT2D eigenvalue weighted by molar-refractivity contribution is 0.228. The maximum absolute atomic E-state index is 12.8. The molecule has 0 amide bonds. The molecule has 0 unspecified atom stereocenters. The van der Waals surface area contributed by atoms with Gasteiger partial charge in [-0.2, -0.15) is 0 Å². The topological polar surface area (TPSA) is 37.4 Å². The van der Waals surface area contributed by atoms with E-state index in [1.54, 1.807) is 35.6 Å². The summed E-state index contributed by atoms with van der Waals surface area (Å²) in [4.78, 5) is 4.02. The predicted octanol–water partition coefficient (Wildman–Crippen LogP) is 4.82. The monoisotopic (exact) mass is 417 g/mol. The van der Waals surface area contributed by atoms with Gasteiger partial charge in [0, 0.05) is 23.0 Å². The molecule has 0 saturated heterocycles. The number of thiophene rings is 1. The molecule has 1 aliphatic heterocycles. The fourth-order valence-electron chi connectivity index (χ4n) is 3.63. The number of nitrogens with zero attached hydrogens (tertiary/aromatic N) is 1. The Bertz CT molecular complexity index is 1010. The summed E-state index contributed by atoms with van der Waals surface area (Å²) in [6.07, 6.45) is 0.970. The summed E-state index contributed by atoms with van der Waals surface area (Å²) in [5.74, 6) is 0.0947. The molecule has 4 rings (SSSR count). The Morgan fingerprint density at radius 2 is 1.78 bits per heavy atom. The van der Waals surface area contributed by atoms with E-state index < -0.39 is 9.84 Å². The number of sulfone groups is 1. The lowest BCUT2D eigenvalue weighted by Gasteiger charge is -2.36. The van der Waals surface area contributed by atoms with E-state index in [4.69, 9.17) is 11.6 Å². The number of rotatable bonds is 5. The lowest BCUT2D eigenvalue weighted by Crippen LogP contribution is -2.38. The van der Waals surface area contributed by atoms with Crippen LogP contribution in [0.1, 0.15) is 22.0 Å². The first-order valence-corrected chi connectivity index (χ1v) is 11.8. The van der Waals surface area contributed by atoms with Gasteiger partial charge in [0.15, 0.2) is 9.84 Å². The van der Waals surface area contributed by atoms with Crippen molar-refractivity contribution in [2.24, 2.45) is 0 Å². The zero-order valence-electron chi connectivity index (χ0n) is 14.7. The molecule has 140 valence electrons. The van der Waals surface area contributed by atoms with Gasteiger partial charge in [0.25, 0.3) is 0 Å². The highest BCUT2D eigenvalue weighted by Crippen LogP contribution is 2.37. The number of halogens is 1. The van der Waals surface area contributed by atoms with Gasteiger partial charge in [0.1, 0.15) is 0 Å². The van der Waals surface area contributed by atoms with Crippen molar-refractivity contribution < 1.29 is 8.42 Å². The molecule has 1 aliphatic rings. The second-order valence-corrected chi connectivity index (χ2v) is 10.2. The van der Waals surface area contributed by atoms with Crippen LogP contribution >= 0.6 is 22.9 Å². The Morgan fingerprint density at radius 1 is 1.04 bits per heavy atom. The summed E-state index contributed by atoms with van der Waals surface area (Å²) in [7, 11) is -3.34. The van der Waals surface area contributed by atoms with E-state index in [1.165, 1.54) is 16.0 Å². The SMILES string of the molecule is O=S(=O)(CCN1CCc2sccc2[C@H]1c1ccccc1)c1ccc(Cl)cc1. The zero-order chi connectivity index (χ0) is 18.9. The van der Waals surface area contributed by atoms with Crippen LogP contribution in [0.25, 0.3) is 0 Å². The van der Waals surface area contributed by atoms with Gasteiger partial charge in [-0.15, -0.1) is 11.3 Å². The van der Waals surface area contributed by atoms with Crippen molar-refractivity contribution in [2.45, 2.75) is 17.4 Å². The van der Waals surface area contributed by atoms with Crippen molar-refractivity contribution in [1.82, 2.24) is 4.90 Å². The van der Waals surface area contributed by atoms with Crippen LogP contribution in [0, 0.1) is 0 Å². The van der Waals surface area contributed by atoms with Crippen molar-refractivity contribution in [1.29, 1.82) is 0 Å². The van der Waals surface area contributed by atoms with E-state index in [9.17, 15) is 8.42 Å². The molecule has 1 atom stereocenters. The van der Waals surface area contributed by atoms with Gasteiger partial charge in [0.05, 0.1) is 16.7 Å². The minimum Gasteiger partial charge on any atom is -0.291 e. The quantitative estimate of drug-likeness (QED) is 0.597. The average molecular weight is 418 g/mol. The van der Waals surface area contributed by atoms with Gasteiger partial charge in [0.2, 0.25) is 0 Å². The molecule has 2 heterocycles. The molecule has 27 heavy (non-hydrogen) atoms. The van der Waals surface area contributed by atoms with Crippen LogP contribution in [-0.4, -0.2) is 32.2 Å². The largest absolute Gasteiger partial charge is 0.291 e. The third-order valence-electron chi connectivity index (χ3n) is 5.00. The van der Waals surface area contributed by atoms with E-state index in [-0.39, 0.29) is 11.8 Å². The molecule has 0 saturated carbocycles. The van der Waals surface area contributed by atoms with Crippen molar-refractivity contribution in [3.63, 3.8) is 0 Å². The highest BCUT2D eigenvalue weighted by atomic mass is 35.5. The Hall–Kier alpha value is -1.66. The van der Waals surface area contributed by atoms with E-state index in [2.05, 4.69) is 28.5 Å². The van der Waals surface area contributed by atoms with Crippen LogP contribution < -0.4 is 0 Å². The van der Waals surface area contributed by atoms with Crippen LogP contribution in [0.5, 0.6) is 0 Å². The standard InChI is InChI=1S/C21H20ClNO2S2/c22-17-6-8-18(9-7-17)27(24,25)15-13-23-12-10-20-19(11-14-26-20)21(23)16-4-2-1-3-5-16/h1-9,11,14,21H,10,12-13,15H2/t21-/m1/s1. The maximum Gasteiger partial charge on any atom is 0.179 e. The van der Waals surface area contributed by atoms with E-state index in [0.717, 1.165) is 13.0 Å². The first-order valence-electron chi connectivity index (χ1n) is 8.88. The second-order valence-electron chi connectivity index (χ2n) is 6.67. The molecule has 6 heteroatoms. The maximum atomic E-state index is 12.8. The summed E-state index contributed by atoms with van der Waals surface area (Å²) in [5.41, 5.74) is 2.52. The van der Waals surface area contributed by atoms with Crippen LogP contribution in [0.4, 0.5) is 0 Å². The fourth-order valence-corrected chi connectivity index (χ4v) is 5.92. The van der Waals surface area contributed by atoms with Crippen LogP contribution in [0.2, 0.25) is 5.02 Å². The van der Waals surface area contributed by atoms with Gasteiger partial charge in [-0.1, -0.05) is 41.9 Å². The number of benzene rings is 2. The van der Waals surface area contributed by atoms with Crippen molar-refractivity contribution in [3.05, 3.63) is 87.1 Å². The Morgan fingerprint density at radius 3 is 2.52 bits per heavy atom. The van der Waals surface area contributed by atoms with Crippen LogP contribution in [0.3, 0.4) is 0 Å². The van der Waals surface area contributed by atoms with Gasteiger partial charge in [-0.25, -0.2) is 8.42 Å². The van der Waals surface area contributed by atoms with Gasteiger partial charge in [-0.3, -0.25) is 4.90 Å². The summed E-state index contributed by atoms with van der Waals surface area (Å²) < 4.78 is 25.5. The Kier molecular flexibility index (Phi) is 5.37. The predicted molar refractivity (Wildman–Crippen MR) is 111 cm³/mol. The molecule has 0 aliphatic carbocycles. The fraction of sp³-hybridized carbons (Fsp3) is 0.238. The van der Waals surface area contributed by atoms with Crippen LogP contribution in [-0.2, 0) is 16.3 Å². The van der Waals surface area contributed by atoms with E-state index in [0.29, 0.717) is 16.5 Å². The van der Waals surface area contributed by atoms with E-state index >= 15 is 0 Å². The summed E-state index contributed by atoms with van der Waals surface area (Å²) in [6, 6.07) is 19.0. The van der Waals surface area contributed by atoms with Crippen molar-refractivity contribution in [2.75, 3.05) is 18.8 Å². The van der Waals surface area contributed by atoms with Gasteiger partial charge in [-0.05, 0) is 53.3 Å². The van der Waals surface area contributed by atoms with Crippen LogP contribution in [0.15, 0.2) is 70.9 Å². The minimum atomic E-state index is -3.34. The summed E-state index contributed by atoms with van der Waals surface area (Å²) >= 11 is 7.67. The average Bonchev–Trinajstić information content (AvgIpc) is 3.16. The lowest BCUT2D eigenvalue weighted by atomic mass is 9.93. The normalized spacial score (nSPS) is 17.6. The molecule has 0 spiro atoms. The molecule has 3 aromatic rings. The molecule has 2 aromatic carbocycles. The minimum absolute atomic E-state index is 0.0947.